The summed E-state index contributed by atoms with van der Waals surface area (Å²) in [5.74, 6) is -0.738. The van der Waals surface area contributed by atoms with E-state index in [-0.39, 0.29) is 12.3 Å². The first-order valence-corrected chi connectivity index (χ1v) is 6.64. The Hall–Kier alpha value is -1.52. The molecule has 0 unspecified atom stereocenters. The van der Waals surface area contributed by atoms with Crippen molar-refractivity contribution in [2.24, 2.45) is 0 Å². The molecule has 0 saturated carbocycles. The first kappa shape index (κ1) is 14.5. The Labute approximate surface area is 108 Å². The molecular weight excluding hydrogens is 232 g/mol. The molecule has 0 aromatic heterocycles. The van der Waals surface area contributed by atoms with E-state index in [1.54, 1.807) is 0 Å². The molecule has 0 saturated heterocycles. The van der Waals surface area contributed by atoms with Crippen molar-refractivity contribution in [3.63, 3.8) is 0 Å². The van der Waals surface area contributed by atoms with Gasteiger partial charge in [0.25, 0.3) is 5.91 Å². The third-order valence-electron chi connectivity index (χ3n) is 2.91. The molecule has 0 bridgehead atoms. The molecule has 3 N–H and O–H groups in total. The summed E-state index contributed by atoms with van der Waals surface area (Å²) in [5.41, 5.74) is 0.691. The van der Waals surface area contributed by atoms with Crippen molar-refractivity contribution in [1.29, 1.82) is 0 Å². The molecule has 1 amide bonds. The van der Waals surface area contributed by atoms with Crippen LogP contribution in [0.1, 0.15) is 44.9 Å². The quantitative estimate of drug-likeness (QED) is 0.544. The van der Waals surface area contributed by atoms with Crippen molar-refractivity contribution in [2.45, 2.75) is 44.9 Å². The average Bonchev–Trinajstić information content (AvgIpc) is 2.85. The maximum absolute atomic E-state index is 11.5. The van der Waals surface area contributed by atoms with Crippen LogP contribution in [0.5, 0.6) is 0 Å². The van der Waals surface area contributed by atoms with Gasteiger partial charge in [0.15, 0.2) is 0 Å². The highest BCUT2D eigenvalue weighted by atomic mass is 16.4. The maximum atomic E-state index is 11.5. The van der Waals surface area contributed by atoms with Gasteiger partial charge in [0, 0.05) is 19.5 Å². The second-order valence-corrected chi connectivity index (χ2v) is 4.50. The molecule has 0 atom stereocenters. The SMILES string of the molecule is O=C(O)CCCCCCCNC(=O)C1=CCCN1. The van der Waals surface area contributed by atoms with E-state index in [1.165, 1.54) is 0 Å². The average molecular weight is 254 g/mol. The van der Waals surface area contributed by atoms with Crippen LogP contribution in [0.25, 0.3) is 0 Å². The minimum absolute atomic E-state index is 0.0154. The molecule has 0 aromatic carbocycles. The van der Waals surface area contributed by atoms with E-state index >= 15 is 0 Å². The maximum Gasteiger partial charge on any atom is 0.303 e. The summed E-state index contributed by atoms with van der Waals surface area (Å²) in [6.45, 7) is 1.54. The molecule has 0 radical (unpaired) electrons. The number of hydrogen-bond donors (Lipinski definition) is 3. The lowest BCUT2D eigenvalue weighted by Gasteiger charge is -2.06. The highest BCUT2D eigenvalue weighted by Gasteiger charge is 2.11. The van der Waals surface area contributed by atoms with Gasteiger partial charge >= 0.3 is 5.97 Å². The molecule has 5 heteroatoms. The Morgan fingerprint density at radius 3 is 2.61 bits per heavy atom. The normalized spacial score (nSPS) is 13.9. The van der Waals surface area contributed by atoms with Crippen molar-refractivity contribution in [1.82, 2.24) is 10.6 Å². The topological polar surface area (TPSA) is 78.4 Å². The van der Waals surface area contributed by atoms with Crippen LogP contribution in [0.2, 0.25) is 0 Å². The highest BCUT2D eigenvalue weighted by Crippen LogP contribution is 2.05. The fourth-order valence-electron chi connectivity index (χ4n) is 1.90. The molecule has 1 aliphatic rings. The van der Waals surface area contributed by atoms with E-state index in [2.05, 4.69) is 10.6 Å². The number of amides is 1. The predicted octanol–water partition coefficient (Wildman–Crippen LogP) is 1.41. The third kappa shape index (κ3) is 6.27. The number of unbranched alkanes of at least 4 members (excludes halogenated alkanes) is 4. The van der Waals surface area contributed by atoms with Gasteiger partial charge in [0.2, 0.25) is 0 Å². The summed E-state index contributed by atoms with van der Waals surface area (Å²) in [6.07, 6.45) is 7.82. The Bertz CT molecular complexity index is 313. The van der Waals surface area contributed by atoms with Gasteiger partial charge in [-0.2, -0.15) is 0 Å². The van der Waals surface area contributed by atoms with Crippen molar-refractivity contribution in [3.05, 3.63) is 11.8 Å². The lowest BCUT2D eigenvalue weighted by Crippen LogP contribution is -2.30. The summed E-state index contributed by atoms with van der Waals surface area (Å²) in [7, 11) is 0. The molecule has 0 aromatic rings. The van der Waals surface area contributed by atoms with Crippen LogP contribution in [-0.4, -0.2) is 30.1 Å². The van der Waals surface area contributed by atoms with Crippen LogP contribution in [-0.2, 0) is 9.59 Å². The molecule has 102 valence electrons. The second-order valence-electron chi connectivity index (χ2n) is 4.50. The van der Waals surface area contributed by atoms with Gasteiger partial charge in [-0.3, -0.25) is 9.59 Å². The summed E-state index contributed by atoms with van der Waals surface area (Å²) < 4.78 is 0. The lowest BCUT2D eigenvalue weighted by atomic mass is 10.1. The van der Waals surface area contributed by atoms with Gasteiger partial charge in [-0.25, -0.2) is 0 Å². The second kappa shape index (κ2) is 8.55. The van der Waals surface area contributed by atoms with Crippen molar-refractivity contribution in [3.8, 4) is 0 Å². The Morgan fingerprint density at radius 2 is 1.94 bits per heavy atom. The number of aliphatic carboxylic acids is 1. The summed E-state index contributed by atoms with van der Waals surface area (Å²) in [6, 6.07) is 0. The molecular formula is C13H22N2O3. The standard InChI is InChI=1S/C13H22N2O3/c16-12(17)8-4-2-1-3-5-9-15-13(18)11-7-6-10-14-11/h7,14H,1-6,8-10H2,(H,15,18)(H,16,17). The molecule has 18 heavy (non-hydrogen) atoms. The van der Waals surface area contributed by atoms with Crippen LogP contribution >= 0.6 is 0 Å². The number of nitrogens with one attached hydrogen (secondary N) is 2. The first-order valence-electron chi connectivity index (χ1n) is 6.64. The zero-order valence-corrected chi connectivity index (χ0v) is 10.7. The van der Waals surface area contributed by atoms with E-state index < -0.39 is 5.97 Å². The molecule has 1 heterocycles. The van der Waals surface area contributed by atoms with Gasteiger partial charge in [-0.1, -0.05) is 25.3 Å². The summed E-state index contributed by atoms with van der Waals surface area (Å²) in [5, 5.41) is 14.4. The van der Waals surface area contributed by atoms with Gasteiger partial charge in [-0.05, 0) is 19.3 Å². The van der Waals surface area contributed by atoms with E-state index in [9.17, 15) is 9.59 Å². The number of hydrogen-bond acceptors (Lipinski definition) is 3. The Morgan fingerprint density at radius 1 is 1.22 bits per heavy atom. The van der Waals surface area contributed by atoms with E-state index in [0.29, 0.717) is 12.2 Å². The van der Waals surface area contributed by atoms with Crippen molar-refractivity contribution in [2.75, 3.05) is 13.1 Å². The lowest BCUT2D eigenvalue weighted by molar-refractivity contribution is -0.137. The zero-order chi connectivity index (χ0) is 13.2. The number of carboxylic acid groups (broad SMARTS) is 1. The number of carboxylic acids is 1. The number of rotatable bonds is 9. The van der Waals surface area contributed by atoms with Crippen LogP contribution < -0.4 is 10.6 Å². The number of carbonyl (C=O) groups is 2. The van der Waals surface area contributed by atoms with Gasteiger partial charge in [-0.15, -0.1) is 0 Å². The van der Waals surface area contributed by atoms with Crippen LogP contribution in [0, 0.1) is 0 Å². The van der Waals surface area contributed by atoms with Crippen molar-refractivity contribution >= 4 is 11.9 Å². The Balaban J connectivity index is 1.89. The molecule has 5 nitrogen and oxygen atoms in total. The van der Waals surface area contributed by atoms with E-state index in [0.717, 1.165) is 45.1 Å². The minimum atomic E-state index is -0.723. The fraction of sp³-hybridized carbons (Fsp3) is 0.692. The molecule has 0 fully saturated rings. The summed E-state index contributed by atoms with van der Waals surface area (Å²) in [4.78, 5) is 21.8. The highest BCUT2D eigenvalue weighted by molar-refractivity contribution is 5.93. The van der Waals surface area contributed by atoms with Gasteiger partial charge < -0.3 is 15.7 Å². The van der Waals surface area contributed by atoms with Gasteiger partial charge in [0.1, 0.15) is 0 Å². The predicted molar refractivity (Wildman–Crippen MR) is 69.1 cm³/mol. The van der Waals surface area contributed by atoms with E-state index in [4.69, 9.17) is 5.11 Å². The van der Waals surface area contributed by atoms with Crippen LogP contribution in [0.3, 0.4) is 0 Å². The third-order valence-corrected chi connectivity index (χ3v) is 2.91. The zero-order valence-electron chi connectivity index (χ0n) is 10.7. The molecule has 1 rings (SSSR count). The fourth-order valence-corrected chi connectivity index (χ4v) is 1.90. The largest absolute Gasteiger partial charge is 0.481 e. The van der Waals surface area contributed by atoms with Crippen LogP contribution in [0.4, 0.5) is 0 Å². The number of carbonyl (C=O) groups excluding carboxylic acids is 1. The monoisotopic (exact) mass is 254 g/mol. The smallest absolute Gasteiger partial charge is 0.303 e. The minimum Gasteiger partial charge on any atom is -0.481 e. The summed E-state index contributed by atoms with van der Waals surface area (Å²) >= 11 is 0. The van der Waals surface area contributed by atoms with Gasteiger partial charge in [0.05, 0.1) is 5.70 Å². The van der Waals surface area contributed by atoms with Crippen LogP contribution in [0.15, 0.2) is 11.8 Å². The Kier molecular flexibility index (Phi) is 6.91. The molecule has 1 aliphatic heterocycles. The van der Waals surface area contributed by atoms with Crippen molar-refractivity contribution < 1.29 is 14.7 Å². The first-order chi connectivity index (χ1) is 8.70. The molecule has 0 aliphatic carbocycles. The molecule has 0 spiro atoms. The van der Waals surface area contributed by atoms with E-state index in [1.807, 2.05) is 6.08 Å².